The molecule has 0 fully saturated rings. The second-order valence-electron chi connectivity index (χ2n) is 6.00. The standard InChI is InChI=1S/C15H20F3NO3/c1-14(2,3)12(20)8-9-19-13(21)10-4-6-11(7-5-10)22-15(16,17)18/h4-7,12,20H,8-9H2,1-3H3,(H,19,21)/t12-/m0/s1. The van der Waals surface area contributed by atoms with Crippen molar-refractivity contribution in [3.63, 3.8) is 0 Å². The lowest BCUT2D eigenvalue weighted by Gasteiger charge is -2.25. The molecule has 1 aromatic rings. The molecular formula is C15H20F3NO3. The number of aliphatic hydroxyl groups is 1. The second-order valence-corrected chi connectivity index (χ2v) is 6.00. The van der Waals surface area contributed by atoms with Crippen molar-refractivity contribution < 1.29 is 27.8 Å². The molecule has 0 heterocycles. The number of rotatable bonds is 5. The first-order valence-corrected chi connectivity index (χ1v) is 6.81. The molecule has 0 aromatic heterocycles. The first kappa shape index (κ1) is 18.3. The molecule has 22 heavy (non-hydrogen) atoms. The first-order chi connectivity index (χ1) is 9.99. The van der Waals surface area contributed by atoms with Gasteiger partial charge in [0.1, 0.15) is 5.75 Å². The smallest absolute Gasteiger partial charge is 0.406 e. The average Bonchev–Trinajstić information content (AvgIpc) is 2.36. The third-order valence-electron chi connectivity index (χ3n) is 3.05. The highest BCUT2D eigenvalue weighted by molar-refractivity contribution is 5.94. The zero-order chi connectivity index (χ0) is 17.0. The molecule has 4 nitrogen and oxygen atoms in total. The van der Waals surface area contributed by atoms with Gasteiger partial charge in [0.05, 0.1) is 6.10 Å². The molecule has 1 aromatic carbocycles. The number of ether oxygens (including phenoxy) is 1. The molecule has 0 saturated carbocycles. The van der Waals surface area contributed by atoms with Gasteiger partial charge in [0.25, 0.3) is 5.91 Å². The topological polar surface area (TPSA) is 58.6 Å². The Kier molecular flexibility index (Phi) is 5.82. The summed E-state index contributed by atoms with van der Waals surface area (Å²) in [5.41, 5.74) is -0.0545. The summed E-state index contributed by atoms with van der Waals surface area (Å²) in [6.07, 6.45) is -4.92. The van der Waals surface area contributed by atoms with E-state index in [9.17, 15) is 23.1 Å². The number of halogens is 3. The van der Waals surface area contributed by atoms with Gasteiger partial charge >= 0.3 is 6.36 Å². The highest BCUT2D eigenvalue weighted by Gasteiger charge is 2.31. The fourth-order valence-electron chi connectivity index (χ4n) is 1.67. The minimum Gasteiger partial charge on any atom is -0.406 e. The summed E-state index contributed by atoms with van der Waals surface area (Å²) >= 11 is 0. The monoisotopic (exact) mass is 319 g/mol. The van der Waals surface area contributed by atoms with Crippen molar-refractivity contribution in [2.45, 2.75) is 39.7 Å². The van der Waals surface area contributed by atoms with E-state index in [0.29, 0.717) is 6.42 Å². The summed E-state index contributed by atoms with van der Waals surface area (Å²) < 4.78 is 39.8. The number of hydrogen-bond donors (Lipinski definition) is 2. The molecule has 0 saturated heterocycles. The van der Waals surface area contributed by atoms with Crippen LogP contribution in [-0.2, 0) is 0 Å². The summed E-state index contributed by atoms with van der Waals surface area (Å²) in [5.74, 6) is -0.799. The number of amides is 1. The van der Waals surface area contributed by atoms with Crippen LogP contribution in [0.15, 0.2) is 24.3 Å². The third kappa shape index (κ3) is 6.34. The minimum atomic E-state index is -4.76. The van der Waals surface area contributed by atoms with Crippen LogP contribution in [0.3, 0.4) is 0 Å². The Hall–Kier alpha value is -1.76. The van der Waals surface area contributed by atoms with Crippen molar-refractivity contribution in [1.29, 1.82) is 0 Å². The zero-order valence-electron chi connectivity index (χ0n) is 12.7. The van der Waals surface area contributed by atoms with Gasteiger partial charge in [0.15, 0.2) is 0 Å². The largest absolute Gasteiger partial charge is 0.573 e. The fraction of sp³-hybridized carbons (Fsp3) is 0.533. The van der Waals surface area contributed by atoms with Gasteiger partial charge in [-0.25, -0.2) is 0 Å². The van der Waals surface area contributed by atoms with Crippen LogP contribution in [0.1, 0.15) is 37.6 Å². The lowest BCUT2D eigenvalue weighted by atomic mass is 9.87. The molecule has 2 N–H and O–H groups in total. The zero-order valence-corrected chi connectivity index (χ0v) is 12.7. The number of nitrogens with one attached hydrogen (secondary N) is 1. The lowest BCUT2D eigenvalue weighted by Crippen LogP contribution is -2.32. The number of alkyl halides is 3. The Morgan fingerprint density at radius 3 is 2.23 bits per heavy atom. The summed E-state index contributed by atoms with van der Waals surface area (Å²) in [6.45, 7) is 5.94. The highest BCUT2D eigenvalue weighted by Crippen LogP contribution is 2.23. The van der Waals surface area contributed by atoms with E-state index >= 15 is 0 Å². The average molecular weight is 319 g/mol. The maximum absolute atomic E-state index is 12.0. The van der Waals surface area contributed by atoms with Gasteiger partial charge in [-0.15, -0.1) is 13.2 Å². The predicted octanol–water partition coefficient (Wildman–Crippen LogP) is 3.11. The fourth-order valence-corrected chi connectivity index (χ4v) is 1.67. The van der Waals surface area contributed by atoms with Gasteiger partial charge in [-0.3, -0.25) is 4.79 Å². The van der Waals surface area contributed by atoms with Crippen molar-refractivity contribution in [3.8, 4) is 5.75 Å². The number of aliphatic hydroxyl groups excluding tert-OH is 1. The van der Waals surface area contributed by atoms with E-state index in [2.05, 4.69) is 10.1 Å². The van der Waals surface area contributed by atoms with Crippen molar-refractivity contribution in [2.24, 2.45) is 5.41 Å². The van der Waals surface area contributed by atoms with Gasteiger partial charge in [0.2, 0.25) is 0 Å². The van der Waals surface area contributed by atoms with E-state index in [1.807, 2.05) is 20.8 Å². The van der Waals surface area contributed by atoms with Crippen LogP contribution in [0.2, 0.25) is 0 Å². The van der Waals surface area contributed by atoms with Crippen LogP contribution in [0.25, 0.3) is 0 Å². The van der Waals surface area contributed by atoms with Gasteiger partial charge in [-0.05, 0) is 36.1 Å². The molecule has 0 radical (unpaired) electrons. The first-order valence-electron chi connectivity index (χ1n) is 6.81. The van der Waals surface area contributed by atoms with Gasteiger partial charge in [-0.2, -0.15) is 0 Å². The molecule has 1 amide bonds. The van der Waals surface area contributed by atoms with Gasteiger partial charge in [0, 0.05) is 12.1 Å². The molecule has 124 valence electrons. The molecule has 0 aliphatic carbocycles. The van der Waals surface area contributed by atoms with E-state index in [1.54, 1.807) is 0 Å². The van der Waals surface area contributed by atoms with E-state index in [0.717, 1.165) is 12.1 Å². The van der Waals surface area contributed by atoms with E-state index in [-0.39, 0.29) is 23.3 Å². The van der Waals surface area contributed by atoms with Crippen LogP contribution in [0.5, 0.6) is 5.75 Å². The molecule has 0 bridgehead atoms. The van der Waals surface area contributed by atoms with E-state index < -0.39 is 18.4 Å². The summed E-state index contributed by atoms with van der Waals surface area (Å²) in [4.78, 5) is 11.8. The highest BCUT2D eigenvalue weighted by atomic mass is 19.4. The van der Waals surface area contributed by atoms with Crippen LogP contribution in [-0.4, -0.2) is 30.0 Å². The van der Waals surface area contributed by atoms with Crippen LogP contribution in [0.4, 0.5) is 13.2 Å². The van der Waals surface area contributed by atoms with Crippen molar-refractivity contribution in [3.05, 3.63) is 29.8 Å². The summed E-state index contributed by atoms with van der Waals surface area (Å²) in [6, 6.07) is 4.64. The molecule has 0 aliphatic heterocycles. The number of carbonyl (C=O) groups excluding carboxylic acids is 1. The SMILES string of the molecule is CC(C)(C)[C@@H](O)CCNC(=O)c1ccc(OC(F)(F)F)cc1. The van der Waals surface area contributed by atoms with E-state index in [4.69, 9.17) is 0 Å². The Morgan fingerprint density at radius 2 is 1.77 bits per heavy atom. The van der Waals surface area contributed by atoms with Crippen LogP contribution in [0, 0.1) is 5.41 Å². The Labute approximate surface area is 127 Å². The molecule has 0 unspecified atom stereocenters. The molecule has 1 atom stereocenters. The predicted molar refractivity (Wildman–Crippen MR) is 75.5 cm³/mol. The number of hydrogen-bond acceptors (Lipinski definition) is 3. The van der Waals surface area contributed by atoms with Gasteiger partial charge < -0.3 is 15.2 Å². The Balaban J connectivity index is 2.50. The van der Waals surface area contributed by atoms with Crippen molar-refractivity contribution in [1.82, 2.24) is 5.32 Å². The van der Waals surface area contributed by atoms with Crippen LogP contribution >= 0.6 is 0 Å². The normalized spacial score (nSPS) is 13.6. The quantitative estimate of drug-likeness (QED) is 0.877. The number of carbonyl (C=O) groups is 1. The molecule has 1 rings (SSSR count). The van der Waals surface area contributed by atoms with Gasteiger partial charge in [-0.1, -0.05) is 20.8 Å². The minimum absolute atomic E-state index is 0.222. The third-order valence-corrected chi connectivity index (χ3v) is 3.05. The Morgan fingerprint density at radius 1 is 1.23 bits per heavy atom. The Bertz CT molecular complexity index is 492. The molecule has 0 spiro atoms. The van der Waals surface area contributed by atoms with Crippen molar-refractivity contribution in [2.75, 3.05) is 6.54 Å². The molecular weight excluding hydrogens is 299 g/mol. The van der Waals surface area contributed by atoms with E-state index in [1.165, 1.54) is 12.1 Å². The maximum atomic E-state index is 12.0. The lowest BCUT2D eigenvalue weighted by molar-refractivity contribution is -0.274. The van der Waals surface area contributed by atoms with Crippen LogP contribution < -0.4 is 10.1 Å². The number of benzene rings is 1. The summed E-state index contributed by atoms with van der Waals surface area (Å²) in [7, 11) is 0. The second kappa shape index (κ2) is 7.00. The summed E-state index contributed by atoms with van der Waals surface area (Å²) in [5, 5.41) is 12.4. The van der Waals surface area contributed by atoms with Crippen molar-refractivity contribution >= 4 is 5.91 Å². The molecule has 0 aliphatic rings. The molecule has 7 heteroatoms. The maximum Gasteiger partial charge on any atom is 0.573 e.